The van der Waals surface area contributed by atoms with Crippen LogP contribution in [0.15, 0.2) is 16.6 Å². The lowest BCUT2D eigenvalue weighted by Gasteiger charge is -2.19. The van der Waals surface area contributed by atoms with Crippen molar-refractivity contribution in [3.63, 3.8) is 0 Å². The Morgan fingerprint density at radius 1 is 1.25 bits per heavy atom. The Bertz CT molecular complexity index is 425. The number of hydrogen-bond donors (Lipinski definition) is 0. The van der Waals surface area contributed by atoms with Crippen LogP contribution in [-0.2, 0) is 4.74 Å². The molecule has 16 heavy (non-hydrogen) atoms. The third kappa shape index (κ3) is 3.27. The van der Waals surface area contributed by atoms with Crippen LogP contribution >= 0.6 is 15.9 Å². The Labute approximate surface area is 101 Å². The maximum atomic E-state index is 12.9. The lowest BCUT2D eigenvalue weighted by atomic mass is 10.1. The first kappa shape index (κ1) is 13.1. The molecule has 0 bridgehead atoms. The van der Waals surface area contributed by atoms with Crippen LogP contribution in [-0.4, -0.2) is 11.6 Å². The molecule has 0 radical (unpaired) electrons. The highest BCUT2D eigenvalue weighted by molar-refractivity contribution is 9.10. The summed E-state index contributed by atoms with van der Waals surface area (Å²) in [5.74, 6) is -2.79. The SMILES string of the molecule is CC(C)(C)OC(=O)c1cc(F)c(F)cc1Br. The molecule has 0 atom stereocenters. The highest BCUT2D eigenvalue weighted by Crippen LogP contribution is 2.23. The van der Waals surface area contributed by atoms with E-state index in [0.29, 0.717) is 0 Å². The van der Waals surface area contributed by atoms with Gasteiger partial charge in [-0.3, -0.25) is 0 Å². The van der Waals surface area contributed by atoms with E-state index in [9.17, 15) is 13.6 Å². The van der Waals surface area contributed by atoms with Gasteiger partial charge in [0.05, 0.1) is 5.56 Å². The maximum absolute atomic E-state index is 12.9. The van der Waals surface area contributed by atoms with Crippen molar-refractivity contribution in [1.82, 2.24) is 0 Å². The average Bonchev–Trinajstić information content (AvgIpc) is 2.08. The number of hydrogen-bond acceptors (Lipinski definition) is 2. The van der Waals surface area contributed by atoms with Gasteiger partial charge in [0.2, 0.25) is 0 Å². The van der Waals surface area contributed by atoms with Crippen molar-refractivity contribution in [3.05, 3.63) is 33.8 Å². The highest BCUT2D eigenvalue weighted by atomic mass is 79.9. The smallest absolute Gasteiger partial charge is 0.339 e. The Balaban J connectivity index is 3.05. The second kappa shape index (κ2) is 4.49. The highest BCUT2D eigenvalue weighted by Gasteiger charge is 2.21. The zero-order chi connectivity index (χ0) is 12.5. The summed E-state index contributed by atoms with van der Waals surface area (Å²) in [6, 6.07) is 1.71. The molecule has 0 saturated heterocycles. The van der Waals surface area contributed by atoms with Gasteiger partial charge in [-0.05, 0) is 48.8 Å². The fourth-order valence-electron chi connectivity index (χ4n) is 1.01. The molecule has 0 fully saturated rings. The molecule has 0 heterocycles. The summed E-state index contributed by atoms with van der Waals surface area (Å²) >= 11 is 2.98. The topological polar surface area (TPSA) is 26.3 Å². The summed E-state index contributed by atoms with van der Waals surface area (Å²) in [5.41, 5.74) is -0.713. The van der Waals surface area contributed by atoms with E-state index in [1.807, 2.05) is 0 Å². The van der Waals surface area contributed by atoms with Crippen molar-refractivity contribution in [3.8, 4) is 0 Å². The molecule has 1 rings (SSSR count). The van der Waals surface area contributed by atoms with Crippen LogP contribution in [0.1, 0.15) is 31.1 Å². The van der Waals surface area contributed by atoms with Gasteiger partial charge in [-0.25, -0.2) is 13.6 Å². The third-order valence-corrected chi connectivity index (χ3v) is 2.28. The Kier molecular flexibility index (Phi) is 3.68. The van der Waals surface area contributed by atoms with E-state index in [4.69, 9.17) is 4.74 Å². The number of ether oxygens (including phenoxy) is 1. The standard InChI is InChI=1S/C11H11BrF2O2/c1-11(2,3)16-10(15)6-4-8(13)9(14)5-7(6)12/h4-5H,1-3H3. The van der Waals surface area contributed by atoms with Crippen molar-refractivity contribution >= 4 is 21.9 Å². The van der Waals surface area contributed by atoms with E-state index >= 15 is 0 Å². The normalized spacial score (nSPS) is 11.4. The van der Waals surface area contributed by atoms with Gasteiger partial charge in [0.15, 0.2) is 11.6 Å². The van der Waals surface area contributed by atoms with E-state index in [1.54, 1.807) is 20.8 Å². The second-order valence-electron chi connectivity index (χ2n) is 4.25. The zero-order valence-corrected chi connectivity index (χ0v) is 10.7. The lowest BCUT2D eigenvalue weighted by molar-refractivity contribution is 0.00678. The zero-order valence-electron chi connectivity index (χ0n) is 9.11. The minimum Gasteiger partial charge on any atom is -0.456 e. The molecule has 0 aromatic heterocycles. The number of benzene rings is 1. The summed E-state index contributed by atoms with van der Waals surface area (Å²) in [6.45, 7) is 5.08. The van der Waals surface area contributed by atoms with E-state index in [-0.39, 0.29) is 10.0 Å². The van der Waals surface area contributed by atoms with E-state index in [1.165, 1.54) is 0 Å². The quantitative estimate of drug-likeness (QED) is 0.583. The van der Waals surface area contributed by atoms with Crippen molar-refractivity contribution < 1.29 is 18.3 Å². The lowest BCUT2D eigenvalue weighted by Crippen LogP contribution is -2.24. The number of carbonyl (C=O) groups is 1. The summed E-state index contributed by atoms with van der Waals surface area (Å²) in [6.07, 6.45) is 0. The summed E-state index contributed by atoms with van der Waals surface area (Å²) in [4.78, 5) is 11.6. The second-order valence-corrected chi connectivity index (χ2v) is 5.10. The number of rotatable bonds is 1. The predicted octanol–water partition coefficient (Wildman–Crippen LogP) is 3.68. The Hall–Kier alpha value is -0.970. The van der Waals surface area contributed by atoms with Crippen molar-refractivity contribution in [2.45, 2.75) is 26.4 Å². The fraction of sp³-hybridized carbons (Fsp3) is 0.364. The summed E-state index contributed by atoms with van der Waals surface area (Å²) < 4.78 is 31.0. The van der Waals surface area contributed by atoms with Gasteiger partial charge in [0.1, 0.15) is 5.60 Å². The summed E-state index contributed by atoms with van der Waals surface area (Å²) in [5, 5.41) is 0. The molecular weight excluding hydrogens is 282 g/mol. The Morgan fingerprint density at radius 3 is 2.25 bits per heavy atom. The van der Waals surface area contributed by atoms with Crippen LogP contribution in [0.5, 0.6) is 0 Å². The average molecular weight is 293 g/mol. The van der Waals surface area contributed by atoms with Gasteiger partial charge in [-0.1, -0.05) is 0 Å². The van der Waals surface area contributed by atoms with Gasteiger partial charge in [-0.2, -0.15) is 0 Å². The minimum atomic E-state index is -1.08. The minimum absolute atomic E-state index is 0.0335. The van der Waals surface area contributed by atoms with Crippen LogP contribution in [0.3, 0.4) is 0 Å². The van der Waals surface area contributed by atoms with Gasteiger partial charge < -0.3 is 4.74 Å². The van der Waals surface area contributed by atoms with Crippen molar-refractivity contribution in [1.29, 1.82) is 0 Å². The monoisotopic (exact) mass is 292 g/mol. The van der Waals surface area contributed by atoms with Crippen molar-refractivity contribution in [2.75, 3.05) is 0 Å². The number of halogens is 3. The van der Waals surface area contributed by atoms with E-state index in [2.05, 4.69) is 15.9 Å². The van der Waals surface area contributed by atoms with Crippen LogP contribution in [0, 0.1) is 11.6 Å². The van der Waals surface area contributed by atoms with Crippen LogP contribution in [0.2, 0.25) is 0 Å². The first-order valence-electron chi connectivity index (χ1n) is 4.58. The molecule has 1 aromatic rings. The van der Waals surface area contributed by atoms with Gasteiger partial charge >= 0.3 is 5.97 Å². The first-order valence-corrected chi connectivity index (χ1v) is 5.38. The van der Waals surface area contributed by atoms with Crippen LogP contribution < -0.4 is 0 Å². The molecule has 0 aliphatic rings. The molecule has 1 aromatic carbocycles. The molecule has 2 nitrogen and oxygen atoms in total. The van der Waals surface area contributed by atoms with E-state index < -0.39 is 23.2 Å². The van der Waals surface area contributed by atoms with E-state index in [0.717, 1.165) is 12.1 Å². The van der Waals surface area contributed by atoms with Gasteiger partial charge in [0, 0.05) is 4.47 Å². The van der Waals surface area contributed by atoms with Gasteiger partial charge in [-0.15, -0.1) is 0 Å². The molecule has 0 aliphatic heterocycles. The molecule has 0 saturated carbocycles. The summed E-state index contributed by atoms with van der Waals surface area (Å²) in [7, 11) is 0. The molecule has 0 N–H and O–H groups in total. The molecule has 5 heteroatoms. The third-order valence-electron chi connectivity index (χ3n) is 1.63. The molecule has 88 valence electrons. The van der Waals surface area contributed by atoms with Crippen molar-refractivity contribution in [2.24, 2.45) is 0 Å². The van der Waals surface area contributed by atoms with Crippen LogP contribution in [0.4, 0.5) is 8.78 Å². The molecule has 0 amide bonds. The van der Waals surface area contributed by atoms with Gasteiger partial charge in [0.25, 0.3) is 0 Å². The predicted molar refractivity (Wildman–Crippen MR) is 59.2 cm³/mol. The fourth-order valence-corrected chi connectivity index (χ4v) is 1.49. The molecule has 0 spiro atoms. The molecule has 0 unspecified atom stereocenters. The molecular formula is C11H11BrF2O2. The number of carbonyl (C=O) groups excluding carboxylic acids is 1. The first-order chi connectivity index (χ1) is 7.20. The number of esters is 1. The van der Waals surface area contributed by atoms with Crippen LogP contribution in [0.25, 0.3) is 0 Å². The molecule has 0 aliphatic carbocycles. The largest absolute Gasteiger partial charge is 0.456 e. The Morgan fingerprint density at radius 2 is 1.75 bits per heavy atom. The maximum Gasteiger partial charge on any atom is 0.339 e.